The van der Waals surface area contributed by atoms with Crippen LogP contribution in [0.2, 0.25) is 5.02 Å². The summed E-state index contributed by atoms with van der Waals surface area (Å²) in [7, 11) is -2.46. The summed E-state index contributed by atoms with van der Waals surface area (Å²) in [6.07, 6.45) is -0.649. The van der Waals surface area contributed by atoms with Crippen molar-refractivity contribution in [1.82, 2.24) is 0 Å². The Bertz CT molecular complexity index is 1110. The summed E-state index contributed by atoms with van der Waals surface area (Å²) in [5.74, 6) is -2.98. The monoisotopic (exact) mass is 450 g/mol. The first-order chi connectivity index (χ1) is 14.1. The molecule has 2 amide bonds. The number of hydrogen-bond donors (Lipinski definition) is 1. The number of carbonyl (C=O) groups is 3. The molecule has 1 aliphatic heterocycles. The number of Topliss-reactive ketones (excluding diaryl/α,β-unsaturated/α-hetero) is 1. The number of carbonyl (C=O) groups excluding carboxylic acids is 3. The zero-order valence-electron chi connectivity index (χ0n) is 16.2. The first kappa shape index (κ1) is 21.8. The fourth-order valence-electron chi connectivity index (χ4n) is 2.95. The largest absolute Gasteiger partial charge is 0.479 e. The summed E-state index contributed by atoms with van der Waals surface area (Å²) >= 11 is 5.76. The molecular formula is C20H19ClN2O6S. The van der Waals surface area contributed by atoms with Gasteiger partial charge in [-0.3, -0.25) is 14.4 Å². The lowest BCUT2D eigenvalue weighted by molar-refractivity contribution is -0.125. The van der Waals surface area contributed by atoms with Gasteiger partial charge in [0.05, 0.1) is 5.69 Å². The minimum Gasteiger partial charge on any atom is -0.479 e. The van der Waals surface area contributed by atoms with Crippen LogP contribution >= 0.6 is 11.6 Å². The van der Waals surface area contributed by atoms with Crippen LogP contribution in [0.15, 0.2) is 42.5 Å². The van der Waals surface area contributed by atoms with E-state index >= 15 is 0 Å². The van der Waals surface area contributed by atoms with E-state index in [4.69, 9.17) is 16.3 Å². The topological polar surface area (TPSA) is 110 Å². The number of fused-ring (bicyclic) bond motifs is 1. The van der Waals surface area contributed by atoms with E-state index in [-0.39, 0.29) is 11.5 Å². The van der Waals surface area contributed by atoms with Gasteiger partial charge in [-0.05, 0) is 49.4 Å². The third kappa shape index (κ3) is 4.98. The average Bonchev–Trinajstić information content (AvgIpc) is 2.67. The molecule has 0 aromatic heterocycles. The Morgan fingerprint density at radius 1 is 1.13 bits per heavy atom. The highest BCUT2D eigenvalue weighted by Crippen LogP contribution is 2.34. The average molecular weight is 451 g/mol. The first-order valence-electron chi connectivity index (χ1n) is 8.93. The molecule has 1 aliphatic rings. The normalized spacial score (nSPS) is 15.9. The number of sulfone groups is 1. The molecule has 158 valence electrons. The van der Waals surface area contributed by atoms with Crippen LogP contribution in [0.25, 0.3) is 0 Å². The van der Waals surface area contributed by atoms with Crippen LogP contribution in [0, 0.1) is 0 Å². The summed E-state index contributed by atoms with van der Waals surface area (Å²) in [4.78, 5) is 38.0. The van der Waals surface area contributed by atoms with Gasteiger partial charge >= 0.3 is 0 Å². The van der Waals surface area contributed by atoms with Crippen molar-refractivity contribution in [2.75, 3.05) is 28.8 Å². The molecule has 8 nitrogen and oxygen atoms in total. The third-order valence-corrected chi connectivity index (χ3v) is 6.11. The fraction of sp³-hybridized carbons (Fsp3) is 0.250. The van der Waals surface area contributed by atoms with Crippen molar-refractivity contribution in [3.8, 4) is 5.75 Å². The van der Waals surface area contributed by atoms with Crippen LogP contribution in [-0.2, 0) is 19.4 Å². The van der Waals surface area contributed by atoms with Gasteiger partial charge < -0.3 is 15.0 Å². The predicted molar refractivity (Wildman–Crippen MR) is 113 cm³/mol. The highest BCUT2D eigenvalue weighted by molar-refractivity contribution is 7.92. The summed E-state index contributed by atoms with van der Waals surface area (Å²) in [5.41, 5.74) is 0.873. The molecule has 10 heteroatoms. The fourth-order valence-corrected chi connectivity index (χ4v) is 4.21. The molecular weight excluding hydrogens is 432 g/mol. The third-order valence-electron chi connectivity index (χ3n) is 4.45. The van der Waals surface area contributed by atoms with Crippen molar-refractivity contribution < 1.29 is 27.5 Å². The van der Waals surface area contributed by atoms with Crippen LogP contribution in [0.5, 0.6) is 5.75 Å². The van der Waals surface area contributed by atoms with Gasteiger partial charge in [-0.1, -0.05) is 11.6 Å². The number of anilines is 2. The Morgan fingerprint density at radius 2 is 1.80 bits per heavy atom. The number of hydrogen-bond acceptors (Lipinski definition) is 6. The van der Waals surface area contributed by atoms with Crippen molar-refractivity contribution in [3.63, 3.8) is 0 Å². The van der Waals surface area contributed by atoms with E-state index in [1.54, 1.807) is 26.1 Å². The Kier molecular flexibility index (Phi) is 6.14. The SMILES string of the molecule is CC1Oc2ccc(C(=O)CS(=O)(=O)CC(=O)Nc3ccc(Cl)cc3)cc2N(C)C1=O. The molecule has 2 aromatic rings. The molecule has 0 bridgehead atoms. The van der Waals surface area contributed by atoms with Gasteiger partial charge in [0.25, 0.3) is 5.91 Å². The number of rotatable bonds is 6. The van der Waals surface area contributed by atoms with Gasteiger partial charge in [-0.15, -0.1) is 0 Å². The zero-order chi connectivity index (χ0) is 22.1. The lowest BCUT2D eigenvalue weighted by Gasteiger charge is -2.30. The number of nitrogens with one attached hydrogen (secondary N) is 1. The van der Waals surface area contributed by atoms with Gasteiger partial charge in [-0.25, -0.2) is 8.42 Å². The molecule has 0 saturated heterocycles. The van der Waals surface area contributed by atoms with E-state index in [0.717, 1.165) is 0 Å². The van der Waals surface area contributed by atoms with Crippen molar-refractivity contribution in [2.24, 2.45) is 0 Å². The van der Waals surface area contributed by atoms with Crippen LogP contribution in [0.4, 0.5) is 11.4 Å². The Morgan fingerprint density at radius 3 is 2.47 bits per heavy atom. The van der Waals surface area contributed by atoms with E-state index in [2.05, 4.69) is 5.32 Å². The maximum atomic E-state index is 12.5. The molecule has 0 spiro atoms. The molecule has 0 radical (unpaired) electrons. The van der Waals surface area contributed by atoms with Gasteiger partial charge in [0.1, 0.15) is 17.3 Å². The van der Waals surface area contributed by atoms with Crippen molar-refractivity contribution in [2.45, 2.75) is 13.0 Å². The van der Waals surface area contributed by atoms with E-state index in [9.17, 15) is 22.8 Å². The van der Waals surface area contributed by atoms with E-state index < -0.39 is 39.1 Å². The number of benzene rings is 2. The number of ketones is 1. The highest BCUT2D eigenvalue weighted by atomic mass is 35.5. The Labute approximate surface area is 178 Å². The summed E-state index contributed by atoms with van der Waals surface area (Å²) in [5, 5.41) is 2.92. The van der Waals surface area contributed by atoms with Gasteiger partial charge in [0, 0.05) is 23.3 Å². The number of amides is 2. The minimum absolute atomic E-state index is 0.105. The number of halogens is 1. The van der Waals surface area contributed by atoms with E-state index in [0.29, 0.717) is 22.1 Å². The summed E-state index contributed by atoms with van der Waals surface area (Å²) < 4.78 is 30.1. The minimum atomic E-state index is -4.01. The lowest BCUT2D eigenvalue weighted by atomic mass is 10.1. The Hall–Kier alpha value is -2.91. The standard InChI is InChI=1S/C20H19ClN2O6S/c1-12-20(26)23(2)16-9-13(3-8-18(16)29-12)17(24)10-30(27,28)11-19(25)22-15-6-4-14(21)5-7-15/h3-9,12H,10-11H2,1-2H3,(H,22,25). The molecule has 30 heavy (non-hydrogen) atoms. The molecule has 0 aliphatic carbocycles. The van der Waals surface area contributed by atoms with Crippen LogP contribution < -0.4 is 15.0 Å². The smallest absolute Gasteiger partial charge is 0.267 e. The number of nitrogens with zero attached hydrogens (tertiary/aromatic N) is 1. The number of ether oxygens (including phenoxy) is 1. The lowest BCUT2D eigenvalue weighted by Crippen LogP contribution is -2.42. The molecule has 3 rings (SSSR count). The first-order valence-corrected chi connectivity index (χ1v) is 11.1. The Balaban J connectivity index is 1.68. The van der Waals surface area contributed by atoms with E-state index in [1.807, 2.05) is 0 Å². The van der Waals surface area contributed by atoms with Crippen molar-refractivity contribution in [1.29, 1.82) is 0 Å². The summed E-state index contributed by atoms with van der Waals surface area (Å²) in [6, 6.07) is 10.5. The molecule has 0 saturated carbocycles. The maximum Gasteiger partial charge on any atom is 0.267 e. The van der Waals surface area contributed by atoms with Crippen LogP contribution in [0.3, 0.4) is 0 Å². The van der Waals surface area contributed by atoms with Crippen molar-refractivity contribution >= 4 is 50.4 Å². The second kappa shape index (κ2) is 8.45. The highest BCUT2D eigenvalue weighted by Gasteiger charge is 2.30. The molecule has 1 unspecified atom stereocenters. The van der Waals surface area contributed by atoms with Crippen LogP contribution in [-0.4, -0.2) is 50.7 Å². The summed E-state index contributed by atoms with van der Waals surface area (Å²) in [6.45, 7) is 1.61. The van der Waals surface area contributed by atoms with Crippen LogP contribution in [0.1, 0.15) is 17.3 Å². The molecule has 1 N–H and O–H groups in total. The van der Waals surface area contributed by atoms with Crippen molar-refractivity contribution in [3.05, 3.63) is 53.1 Å². The molecule has 0 fully saturated rings. The number of likely N-dealkylation sites (N-methyl/N-ethyl adjacent to an activating group) is 1. The second-order valence-corrected chi connectivity index (χ2v) is 9.35. The van der Waals surface area contributed by atoms with E-state index in [1.165, 1.54) is 35.2 Å². The van der Waals surface area contributed by atoms with Gasteiger partial charge in [-0.2, -0.15) is 0 Å². The molecule has 1 atom stereocenters. The molecule has 2 aromatic carbocycles. The maximum absolute atomic E-state index is 12.5. The van der Waals surface area contributed by atoms with Gasteiger partial charge in [0.15, 0.2) is 21.7 Å². The second-order valence-electron chi connectivity index (χ2n) is 6.85. The quantitative estimate of drug-likeness (QED) is 0.676. The zero-order valence-corrected chi connectivity index (χ0v) is 17.8. The predicted octanol–water partition coefficient (Wildman–Crippen LogP) is 2.32. The van der Waals surface area contributed by atoms with Gasteiger partial charge in [0.2, 0.25) is 5.91 Å². The molecule has 1 heterocycles.